The number of rotatable bonds is 5. The average Bonchev–Trinajstić information content (AvgIpc) is 2.98. The summed E-state index contributed by atoms with van der Waals surface area (Å²) in [4.78, 5) is 0.116. The number of sulfonamides is 1. The molecule has 1 aromatic heterocycles. The highest BCUT2D eigenvalue weighted by Crippen LogP contribution is 2.28. The molecule has 0 bridgehead atoms. The van der Waals surface area contributed by atoms with Crippen LogP contribution in [0.4, 0.5) is 0 Å². The highest BCUT2D eigenvalue weighted by molar-refractivity contribution is 9.10. The van der Waals surface area contributed by atoms with Crippen LogP contribution in [0.1, 0.15) is 12.7 Å². The Morgan fingerprint density at radius 3 is 2.54 bits per heavy atom. The van der Waals surface area contributed by atoms with E-state index in [1.165, 1.54) is 13.0 Å². The summed E-state index contributed by atoms with van der Waals surface area (Å²) in [6.07, 6.45) is 0. The van der Waals surface area contributed by atoms with Crippen molar-refractivity contribution < 1.29 is 17.9 Å². The second-order valence-electron chi connectivity index (χ2n) is 5.68. The zero-order valence-electron chi connectivity index (χ0n) is 12.9. The Labute approximate surface area is 148 Å². The van der Waals surface area contributed by atoms with E-state index >= 15 is 0 Å². The van der Waals surface area contributed by atoms with E-state index in [2.05, 4.69) is 20.7 Å². The van der Waals surface area contributed by atoms with Crippen molar-refractivity contribution in [3.8, 4) is 0 Å². The lowest BCUT2D eigenvalue weighted by atomic mass is 10.0. The minimum atomic E-state index is -3.76. The first kappa shape index (κ1) is 17.2. The Kier molecular flexibility index (Phi) is 4.52. The molecule has 0 saturated carbocycles. The predicted molar refractivity (Wildman–Crippen MR) is 95.1 cm³/mol. The van der Waals surface area contributed by atoms with Gasteiger partial charge in [-0.25, -0.2) is 13.1 Å². The van der Waals surface area contributed by atoms with Crippen LogP contribution < -0.4 is 4.72 Å². The van der Waals surface area contributed by atoms with Crippen molar-refractivity contribution in [2.24, 2.45) is 0 Å². The van der Waals surface area contributed by atoms with Gasteiger partial charge in [-0.2, -0.15) is 0 Å². The van der Waals surface area contributed by atoms with E-state index in [-0.39, 0.29) is 11.4 Å². The first-order valence-electron chi connectivity index (χ1n) is 7.25. The Hall–Kier alpha value is -1.67. The Morgan fingerprint density at radius 2 is 1.83 bits per heavy atom. The van der Waals surface area contributed by atoms with Crippen molar-refractivity contribution in [1.82, 2.24) is 4.72 Å². The molecule has 0 aliphatic rings. The third-order valence-electron chi connectivity index (χ3n) is 3.69. The molecule has 0 aliphatic carbocycles. The van der Waals surface area contributed by atoms with Gasteiger partial charge in [0, 0.05) is 16.4 Å². The van der Waals surface area contributed by atoms with Crippen LogP contribution >= 0.6 is 15.9 Å². The minimum Gasteiger partial charge on any atom is -0.458 e. The third kappa shape index (κ3) is 3.39. The standard InChI is InChI=1S/C17H16BrNO4S/c1-17(20,16-10-12-6-2-4-8-14(12)23-16)11-19-24(21,22)15-9-5-3-7-13(15)18/h2-10,19-20H,11H2,1H3/t17-/m0/s1. The van der Waals surface area contributed by atoms with Crippen LogP contribution in [0.2, 0.25) is 0 Å². The first-order valence-corrected chi connectivity index (χ1v) is 9.53. The Balaban J connectivity index is 1.83. The van der Waals surface area contributed by atoms with Gasteiger partial charge in [-0.1, -0.05) is 30.3 Å². The largest absolute Gasteiger partial charge is 0.458 e. The number of nitrogens with one attached hydrogen (secondary N) is 1. The van der Waals surface area contributed by atoms with Crippen molar-refractivity contribution >= 4 is 36.9 Å². The molecule has 0 spiro atoms. The van der Waals surface area contributed by atoms with Crippen molar-refractivity contribution in [2.75, 3.05) is 6.54 Å². The van der Waals surface area contributed by atoms with Crippen LogP contribution in [0.5, 0.6) is 0 Å². The van der Waals surface area contributed by atoms with E-state index in [0.29, 0.717) is 15.8 Å². The second-order valence-corrected chi connectivity index (χ2v) is 8.27. The normalized spacial score (nSPS) is 14.6. The van der Waals surface area contributed by atoms with E-state index in [1.54, 1.807) is 30.3 Å². The molecule has 2 N–H and O–H groups in total. The fourth-order valence-electron chi connectivity index (χ4n) is 2.31. The SMILES string of the molecule is C[C@](O)(CNS(=O)(=O)c1ccccc1Br)c1cc2ccccc2o1. The average molecular weight is 410 g/mol. The molecule has 3 rings (SSSR count). The minimum absolute atomic E-state index is 0.116. The zero-order valence-corrected chi connectivity index (χ0v) is 15.3. The summed E-state index contributed by atoms with van der Waals surface area (Å²) < 4.78 is 33.4. The van der Waals surface area contributed by atoms with Gasteiger partial charge in [-0.05, 0) is 47.1 Å². The molecule has 0 saturated heterocycles. The lowest BCUT2D eigenvalue weighted by Crippen LogP contribution is -2.38. The fraction of sp³-hybridized carbons (Fsp3) is 0.176. The van der Waals surface area contributed by atoms with Gasteiger partial charge in [0.1, 0.15) is 16.9 Å². The monoisotopic (exact) mass is 409 g/mol. The van der Waals surface area contributed by atoms with E-state index in [0.717, 1.165) is 5.39 Å². The number of furan rings is 1. The Bertz CT molecular complexity index is 946. The fourth-order valence-corrected chi connectivity index (χ4v) is 4.44. The lowest BCUT2D eigenvalue weighted by molar-refractivity contribution is 0.0412. The van der Waals surface area contributed by atoms with Gasteiger partial charge in [0.2, 0.25) is 10.0 Å². The van der Waals surface area contributed by atoms with Crippen LogP contribution in [0, 0.1) is 0 Å². The molecule has 0 unspecified atom stereocenters. The number of fused-ring (bicyclic) bond motifs is 1. The number of hydrogen-bond acceptors (Lipinski definition) is 4. The summed E-state index contributed by atoms with van der Waals surface area (Å²) >= 11 is 3.22. The van der Waals surface area contributed by atoms with Gasteiger partial charge in [0.05, 0.1) is 4.90 Å². The van der Waals surface area contributed by atoms with Crippen LogP contribution in [0.25, 0.3) is 11.0 Å². The molecule has 126 valence electrons. The molecule has 0 fully saturated rings. The van der Waals surface area contributed by atoms with E-state index in [9.17, 15) is 13.5 Å². The van der Waals surface area contributed by atoms with Gasteiger partial charge < -0.3 is 9.52 Å². The molecule has 2 aromatic carbocycles. The van der Waals surface area contributed by atoms with E-state index < -0.39 is 15.6 Å². The summed E-state index contributed by atoms with van der Waals surface area (Å²) in [5, 5.41) is 11.5. The topological polar surface area (TPSA) is 79.5 Å². The molecular weight excluding hydrogens is 394 g/mol. The second kappa shape index (κ2) is 6.33. The van der Waals surface area contributed by atoms with Crippen LogP contribution in [0.15, 0.2) is 68.4 Å². The molecule has 1 heterocycles. The molecule has 5 nitrogen and oxygen atoms in total. The molecule has 0 amide bonds. The molecule has 0 aliphatic heterocycles. The van der Waals surface area contributed by atoms with Crippen molar-refractivity contribution in [2.45, 2.75) is 17.4 Å². The number of para-hydroxylation sites is 1. The first-order chi connectivity index (χ1) is 11.3. The highest BCUT2D eigenvalue weighted by atomic mass is 79.9. The van der Waals surface area contributed by atoms with Gasteiger partial charge in [-0.15, -0.1) is 0 Å². The van der Waals surface area contributed by atoms with Gasteiger partial charge in [0.25, 0.3) is 0 Å². The summed E-state index contributed by atoms with van der Waals surface area (Å²) in [5.74, 6) is 0.304. The van der Waals surface area contributed by atoms with Gasteiger partial charge in [0.15, 0.2) is 0 Å². The van der Waals surface area contributed by atoms with Crippen LogP contribution in [-0.2, 0) is 15.6 Å². The lowest BCUT2D eigenvalue weighted by Gasteiger charge is -2.21. The maximum absolute atomic E-state index is 12.4. The van der Waals surface area contributed by atoms with Crippen molar-refractivity contribution in [3.63, 3.8) is 0 Å². The van der Waals surface area contributed by atoms with Gasteiger partial charge >= 0.3 is 0 Å². The zero-order chi connectivity index (χ0) is 17.4. The quantitative estimate of drug-likeness (QED) is 0.676. The summed E-state index contributed by atoms with van der Waals surface area (Å²) in [6, 6.07) is 15.6. The van der Waals surface area contributed by atoms with E-state index in [4.69, 9.17) is 4.42 Å². The predicted octanol–water partition coefficient (Wildman–Crippen LogP) is 3.38. The maximum atomic E-state index is 12.4. The molecule has 24 heavy (non-hydrogen) atoms. The van der Waals surface area contributed by atoms with Crippen molar-refractivity contribution in [1.29, 1.82) is 0 Å². The van der Waals surface area contributed by atoms with Crippen LogP contribution in [-0.4, -0.2) is 20.1 Å². The molecule has 0 radical (unpaired) electrons. The molecule has 3 aromatic rings. The Morgan fingerprint density at radius 1 is 1.17 bits per heavy atom. The van der Waals surface area contributed by atoms with Crippen LogP contribution in [0.3, 0.4) is 0 Å². The highest BCUT2D eigenvalue weighted by Gasteiger charge is 2.30. The summed E-state index contributed by atoms with van der Waals surface area (Å²) in [7, 11) is -3.76. The van der Waals surface area contributed by atoms with Crippen molar-refractivity contribution in [3.05, 3.63) is 64.8 Å². The molecule has 7 heteroatoms. The van der Waals surface area contributed by atoms with Gasteiger partial charge in [-0.3, -0.25) is 0 Å². The number of aliphatic hydroxyl groups is 1. The smallest absolute Gasteiger partial charge is 0.241 e. The van der Waals surface area contributed by atoms with E-state index in [1.807, 2.05) is 18.2 Å². The third-order valence-corrected chi connectivity index (χ3v) is 6.10. The summed E-state index contributed by atoms with van der Waals surface area (Å²) in [5.41, 5.74) is -0.839. The molecular formula is C17H16BrNO4S. The maximum Gasteiger partial charge on any atom is 0.241 e. The molecule has 1 atom stereocenters. The number of hydrogen-bond donors (Lipinski definition) is 2. The summed E-state index contributed by atoms with van der Waals surface area (Å²) in [6.45, 7) is 1.30. The number of halogens is 1. The number of benzene rings is 2.